The van der Waals surface area contributed by atoms with Gasteiger partial charge in [-0.2, -0.15) is 14.9 Å². The van der Waals surface area contributed by atoms with Gasteiger partial charge < -0.3 is 5.32 Å². The van der Waals surface area contributed by atoms with Crippen molar-refractivity contribution >= 4 is 22.6 Å². The summed E-state index contributed by atoms with van der Waals surface area (Å²) in [6, 6.07) is 10.5. The molecule has 1 aliphatic carbocycles. The van der Waals surface area contributed by atoms with E-state index in [-0.39, 0.29) is 11.8 Å². The standard InChI is InChI=1S/C15H18N6OS/c22-14(10-6-7-11-12(8-10)19-21-18-11)17-15-16-13(20-23-15)9-4-2-1-3-5-9/h1-5,10-12,18-19,21H,6-8H2,(H,16,17,20,22). The van der Waals surface area contributed by atoms with Crippen LogP contribution in [-0.2, 0) is 4.79 Å². The fraction of sp³-hybridized carbons (Fsp3) is 0.400. The van der Waals surface area contributed by atoms with Gasteiger partial charge in [-0.25, -0.2) is 10.9 Å². The van der Waals surface area contributed by atoms with Gasteiger partial charge in [0.15, 0.2) is 5.82 Å². The molecule has 1 aromatic heterocycles. The van der Waals surface area contributed by atoms with Gasteiger partial charge in [-0.05, 0) is 19.3 Å². The van der Waals surface area contributed by atoms with E-state index in [2.05, 4.69) is 31.1 Å². The summed E-state index contributed by atoms with van der Waals surface area (Å²) < 4.78 is 4.32. The number of rotatable bonds is 3. The molecular formula is C15H18N6OS. The van der Waals surface area contributed by atoms with Crippen LogP contribution in [-0.4, -0.2) is 27.3 Å². The second kappa shape index (κ2) is 6.32. The molecule has 1 amide bonds. The zero-order valence-corrected chi connectivity index (χ0v) is 13.3. The number of benzene rings is 1. The summed E-state index contributed by atoms with van der Waals surface area (Å²) in [5.41, 5.74) is 10.2. The molecule has 23 heavy (non-hydrogen) atoms. The summed E-state index contributed by atoms with van der Waals surface area (Å²) in [5.74, 6) is 0.697. The third-order valence-electron chi connectivity index (χ3n) is 4.42. The summed E-state index contributed by atoms with van der Waals surface area (Å²) in [4.78, 5) is 16.9. The molecule has 1 aliphatic heterocycles. The van der Waals surface area contributed by atoms with Crippen LogP contribution in [0.5, 0.6) is 0 Å². The van der Waals surface area contributed by atoms with Gasteiger partial charge in [-0.1, -0.05) is 30.3 Å². The molecule has 0 spiro atoms. The lowest BCUT2D eigenvalue weighted by atomic mass is 9.83. The zero-order chi connectivity index (χ0) is 15.6. The van der Waals surface area contributed by atoms with Crippen LogP contribution < -0.4 is 21.7 Å². The zero-order valence-electron chi connectivity index (χ0n) is 12.5. The minimum atomic E-state index is 0.00882. The molecule has 1 aromatic carbocycles. The average molecular weight is 330 g/mol. The smallest absolute Gasteiger partial charge is 0.229 e. The number of hydrazine groups is 2. The number of fused-ring (bicyclic) bond motifs is 1. The van der Waals surface area contributed by atoms with Crippen molar-refractivity contribution in [1.29, 1.82) is 0 Å². The number of carbonyl (C=O) groups excluding carboxylic acids is 1. The van der Waals surface area contributed by atoms with Crippen LogP contribution >= 0.6 is 11.5 Å². The Bertz CT molecular complexity index is 690. The fourth-order valence-electron chi connectivity index (χ4n) is 3.15. The van der Waals surface area contributed by atoms with Crippen molar-refractivity contribution in [3.05, 3.63) is 30.3 Å². The molecule has 3 atom stereocenters. The molecule has 0 bridgehead atoms. The quantitative estimate of drug-likeness (QED) is 0.678. The minimum Gasteiger partial charge on any atom is -0.300 e. The van der Waals surface area contributed by atoms with Gasteiger partial charge in [0, 0.05) is 35.1 Å². The molecule has 7 nitrogen and oxygen atoms in total. The number of nitrogens with zero attached hydrogens (tertiary/aromatic N) is 2. The first kappa shape index (κ1) is 14.7. The van der Waals surface area contributed by atoms with Gasteiger partial charge in [0.1, 0.15) is 0 Å². The Morgan fingerprint density at radius 1 is 1.17 bits per heavy atom. The van der Waals surface area contributed by atoms with E-state index in [4.69, 9.17) is 0 Å². The van der Waals surface area contributed by atoms with Crippen molar-refractivity contribution < 1.29 is 4.79 Å². The molecule has 0 radical (unpaired) electrons. The largest absolute Gasteiger partial charge is 0.300 e. The number of nitrogens with one attached hydrogen (secondary N) is 4. The molecule has 2 aromatic rings. The lowest BCUT2D eigenvalue weighted by Gasteiger charge is -2.29. The first-order chi connectivity index (χ1) is 11.3. The highest BCUT2D eigenvalue weighted by Crippen LogP contribution is 2.28. The van der Waals surface area contributed by atoms with E-state index < -0.39 is 0 Å². The van der Waals surface area contributed by atoms with Crippen LogP contribution in [0, 0.1) is 5.92 Å². The van der Waals surface area contributed by atoms with Crippen LogP contribution in [0.15, 0.2) is 30.3 Å². The highest BCUT2D eigenvalue weighted by molar-refractivity contribution is 7.10. The fourth-order valence-corrected chi connectivity index (χ4v) is 3.75. The molecular weight excluding hydrogens is 312 g/mol. The second-order valence-corrected chi connectivity index (χ2v) is 6.67. The maximum atomic E-state index is 12.5. The van der Waals surface area contributed by atoms with Crippen molar-refractivity contribution in [1.82, 2.24) is 25.7 Å². The molecule has 8 heteroatoms. The summed E-state index contributed by atoms with van der Waals surface area (Å²) in [7, 11) is 0. The highest BCUT2D eigenvalue weighted by atomic mass is 32.1. The van der Waals surface area contributed by atoms with E-state index in [1.807, 2.05) is 30.3 Å². The maximum absolute atomic E-state index is 12.5. The van der Waals surface area contributed by atoms with Crippen molar-refractivity contribution in [3.63, 3.8) is 0 Å². The predicted octanol–water partition coefficient (Wildman–Crippen LogP) is 1.29. The van der Waals surface area contributed by atoms with Crippen molar-refractivity contribution in [2.75, 3.05) is 5.32 Å². The van der Waals surface area contributed by atoms with Gasteiger partial charge in [0.05, 0.1) is 0 Å². The average Bonchev–Trinajstić information content (AvgIpc) is 3.24. The Balaban J connectivity index is 1.40. The molecule has 4 rings (SSSR count). The van der Waals surface area contributed by atoms with E-state index in [0.29, 0.717) is 23.0 Å². The first-order valence-electron chi connectivity index (χ1n) is 7.75. The second-order valence-electron chi connectivity index (χ2n) is 5.92. The maximum Gasteiger partial charge on any atom is 0.229 e. The number of hydrogen-bond donors (Lipinski definition) is 4. The van der Waals surface area contributed by atoms with E-state index in [9.17, 15) is 4.79 Å². The van der Waals surface area contributed by atoms with Gasteiger partial charge in [0.2, 0.25) is 11.0 Å². The monoisotopic (exact) mass is 330 g/mol. The Labute approximate surface area is 138 Å². The molecule has 1 saturated carbocycles. The van der Waals surface area contributed by atoms with Crippen molar-refractivity contribution in [3.8, 4) is 11.4 Å². The lowest BCUT2D eigenvalue weighted by molar-refractivity contribution is -0.121. The SMILES string of the molecule is O=C(Nc1nc(-c2ccccc2)ns1)C1CCC2NNNC2C1. The Kier molecular flexibility index (Phi) is 4.04. The lowest BCUT2D eigenvalue weighted by Crippen LogP contribution is -2.42. The molecule has 120 valence electrons. The third kappa shape index (κ3) is 3.11. The summed E-state index contributed by atoms with van der Waals surface area (Å²) >= 11 is 1.22. The van der Waals surface area contributed by atoms with Crippen LogP contribution in [0.1, 0.15) is 19.3 Å². The topological polar surface area (TPSA) is 91.0 Å². The predicted molar refractivity (Wildman–Crippen MR) is 88.3 cm³/mol. The molecule has 3 unspecified atom stereocenters. The van der Waals surface area contributed by atoms with Crippen LogP contribution in [0.2, 0.25) is 0 Å². The molecule has 2 fully saturated rings. The Hall–Kier alpha value is -1.87. The number of anilines is 1. The van der Waals surface area contributed by atoms with Crippen LogP contribution in [0.3, 0.4) is 0 Å². The molecule has 2 aliphatic rings. The van der Waals surface area contributed by atoms with Gasteiger partial charge in [-0.3, -0.25) is 4.79 Å². The number of amides is 1. The molecule has 2 heterocycles. The van der Waals surface area contributed by atoms with Crippen LogP contribution in [0.25, 0.3) is 11.4 Å². The Morgan fingerprint density at radius 3 is 2.87 bits per heavy atom. The first-order valence-corrected chi connectivity index (χ1v) is 8.53. The number of aromatic nitrogens is 2. The van der Waals surface area contributed by atoms with E-state index in [1.165, 1.54) is 11.5 Å². The van der Waals surface area contributed by atoms with Gasteiger partial charge >= 0.3 is 0 Å². The summed E-state index contributed by atoms with van der Waals surface area (Å²) in [6.07, 6.45) is 2.68. The normalized spacial score (nSPS) is 26.7. The molecule has 4 N–H and O–H groups in total. The van der Waals surface area contributed by atoms with Crippen LogP contribution in [0.4, 0.5) is 5.13 Å². The highest BCUT2D eigenvalue weighted by Gasteiger charge is 2.36. The van der Waals surface area contributed by atoms with E-state index >= 15 is 0 Å². The van der Waals surface area contributed by atoms with E-state index in [0.717, 1.165) is 24.8 Å². The summed E-state index contributed by atoms with van der Waals surface area (Å²) in [6.45, 7) is 0. The minimum absolute atomic E-state index is 0.00882. The van der Waals surface area contributed by atoms with Gasteiger partial charge in [-0.15, -0.1) is 0 Å². The number of carbonyl (C=O) groups is 1. The third-order valence-corrected chi connectivity index (χ3v) is 5.05. The van der Waals surface area contributed by atoms with Gasteiger partial charge in [0.25, 0.3) is 0 Å². The summed E-state index contributed by atoms with van der Waals surface area (Å²) in [5, 5.41) is 3.48. The number of hydrogen-bond acceptors (Lipinski definition) is 7. The van der Waals surface area contributed by atoms with E-state index in [1.54, 1.807) is 0 Å². The van der Waals surface area contributed by atoms with Crippen molar-refractivity contribution in [2.24, 2.45) is 5.92 Å². The molecule has 1 saturated heterocycles. The Morgan fingerprint density at radius 2 is 2.00 bits per heavy atom. The van der Waals surface area contributed by atoms with Crippen molar-refractivity contribution in [2.45, 2.75) is 31.3 Å².